The Balaban J connectivity index is 1.52. The molecule has 6 aliphatic heterocycles. The SMILES string of the molecule is C=CCOC(=O)N[C@H]1CS[C@H]2c3c(OC(C)=O)c(C)c4c(c3[C@H](COC1=O)N1[C@@H]2[C@H]2c3c(cc(C)c(OC)c3O)CC([C@@H]1C#N)N2C(=O)OCC(Cl)(Cl)Cl)OCO4. The van der Waals surface area contributed by atoms with Crippen LogP contribution in [0, 0.1) is 25.2 Å². The van der Waals surface area contributed by atoms with E-state index in [1.54, 1.807) is 13.8 Å². The van der Waals surface area contributed by atoms with Gasteiger partial charge in [0.2, 0.25) is 10.6 Å². The number of nitrogens with one attached hydrogen (secondary N) is 1. The van der Waals surface area contributed by atoms with Crippen LogP contribution >= 0.6 is 46.6 Å². The molecule has 1 unspecified atom stereocenters. The van der Waals surface area contributed by atoms with Gasteiger partial charge in [0.25, 0.3) is 0 Å². The number of nitriles is 1. The topological polar surface area (TPSA) is 195 Å². The first-order chi connectivity index (χ1) is 27.1. The fourth-order valence-corrected chi connectivity index (χ4v) is 10.3. The number of phenols is 1. The number of phenolic OH excluding ortho intramolecular Hbond substituents is 1. The maximum atomic E-state index is 14.4. The highest BCUT2D eigenvalue weighted by atomic mass is 35.6. The van der Waals surface area contributed by atoms with Crippen molar-refractivity contribution in [3.63, 3.8) is 0 Å². The Morgan fingerprint density at radius 1 is 1.14 bits per heavy atom. The van der Waals surface area contributed by atoms with Crippen molar-refractivity contribution in [2.75, 3.05) is 39.5 Å². The zero-order valence-corrected chi connectivity index (χ0v) is 34.1. The summed E-state index contributed by atoms with van der Waals surface area (Å²) in [6.07, 6.45) is -0.386. The average molecular weight is 868 g/mol. The fourth-order valence-electron chi connectivity index (χ4n) is 8.60. The molecule has 0 radical (unpaired) electrons. The molecule has 0 spiro atoms. The Bertz CT molecular complexity index is 2090. The molecule has 6 aliphatic rings. The van der Waals surface area contributed by atoms with Crippen LogP contribution in [0.25, 0.3) is 0 Å². The highest BCUT2D eigenvalue weighted by molar-refractivity contribution is 7.99. The number of rotatable bonds is 6. The lowest BCUT2D eigenvalue weighted by Gasteiger charge is -2.61. The minimum absolute atomic E-state index is 0.0782. The predicted octanol–water partition coefficient (Wildman–Crippen LogP) is 5.39. The molecule has 0 saturated carbocycles. The van der Waals surface area contributed by atoms with Gasteiger partial charge in [-0.2, -0.15) is 5.26 Å². The molecule has 20 heteroatoms. The summed E-state index contributed by atoms with van der Waals surface area (Å²) < 4.78 is 38.3. The summed E-state index contributed by atoms with van der Waals surface area (Å²) in [6, 6.07) is -2.16. The number of nitrogens with zero attached hydrogens (tertiary/aromatic N) is 3. The van der Waals surface area contributed by atoms with Gasteiger partial charge in [0.1, 0.15) is 37.7 Å². The number of thioether (sulfide) groups is 1. The van der Waals surface area contributed by atoms with Crippen LogP contribution in [-0.4, -0.2) is 106 Å². The van der Waals surface area contributed by atoms with Gasteiger partial charge in [-0.3, -0.25) is 14.6 Å². The van der Waals surface area contributed by atoms with E-state index in [9.17, 15) is 29.5 Å². The van der Waals surface area contributed by atoms with Gasteiger partial charge in [-0.15, -0.1) is 11.8 Å². The normalized spacial score (nSPS) is 25.8. The van der Waals surface area contributed by atoms with Crippen LogP contribution in [0.5, 0.6) is 28.7 Å². The Morgan fingerprint density at radius 2 is 1.88 bits per heavy atom. The third kappa shape index (κ3) is 7.09. The zero-order chi connectivity index (χ0) is 41.1. The first kappa shape index (κ1) is 40.7. The molecule has 2 aromatic carbocycles. The molecule has 8 rings (SSSR count). The van der Waals surface area contributed by atoms with E-state index in [1.807, 2.05) is 11.0 Å². The minimum atomic E-state index is -1.98. The number of aryl methyl sites for hydroxylation is 1. The molecule has 304 valence electrons. The number of esters is 2. The zero-order valence-electron chi connectivity index (χ0n) is 31.0. The number of ether oxygens (including phenoxy) is 7. The van der Waals surface area contributed by atoms with Crippen molar-refractivity contribution >= 4 is 70.7 Å². The van der Waals surface area contributed by atoms with E-state index in [-0.39, 0.29) is 42.8 Å². The second-order valence-corrected chi connectivity index (χ2v) is 17.6. The maximum Gasteiger partial charge on any atom is 0.410 e. The van der Waals surface area contributed by atoms with E-state index in [4.69, 9.17) is 68.0 Å². The molecular weight excluding hydrogens is 831 g/mol. The highest BCUT2D eigenvalue weighted by Crippen LogP contribution is 2.64. The van der Waals surface area contributed by atoms with E-state index in [2.05, 4.69) is 18.0 Å². The monoisotopic (exact) mass is 866 g/mol. The van der Waals surface area contributed by atoms with Crippen LogP contribution in [0.3, 0.4) is 0 Å². The standard InChI is InChI=1S/C37H37Cl3N4O12S/c1-6-7-51-35(48)42-19-12-57-33-25-24(32-31(54-14-55-32)16(3)30(25)56-17(4)45)22(11-52-34(19)47)43-21(10-41)20-9-18-8-15(2)29(50-5)28(46)23(18)26(27(33)43)44(20)36(49)53-13-37(38,39)40/h6,8,19-22,26-27,33,46H,1,7,9,11-14H2,2-5H3,(H,42,48)/t19-,20?,21-,22-,26+,27+,33-/m0/s1. The Morgan fingerprint density at radius 3 is 2.54 bits per heavy atom. The molecule has 6 heterocycles. The molecule has 57 heavy (non-hydrogen) atoms. The number of hydrogen-bond acceptors (Lipinski definition) is 15. The largest absolute Gasteiger partial charge is 0.504 e. The van der Waals surface area contributed by atoms with Crippen LogP contribution in [0.1, 0.15) is 57.6 Å². The molecule has 2 saturated heterocycles. The predicted molar refractivity (Wildman–Crippen MR) is 204 cm³/mol. The first-order valence-corrected chi connectivity index (χ1v) is 19.8. The van der Waals surface area contributed by atoms with Gasteiger partial charge in [-0.05, 0) is 31.4 Å². The first-order valence-electron chi connectivity index (χ1n) is 17.7. The fraction of sp³-hybridized carbons (Fsp3) is 0.486. The molecule has 4 bridgehead atoms. The summed E-state index contributed by atoms with van der Waals surface area (Å²) in [5, 5.41) is 24.9. The Labute approximate surface area is 346 Å². The summed E-state index contributed by atoms with van der Waals surface area (Å²) in [6.45, 7) is 6.92. The third-order valence-electron chi connectivity index (χ3n) is 10.5. The molecule has 0 aliphatic carbocycles. The molecular formula is C37H37Cl3N4O12S. The number of benzene rings is 2. The molecule has 7 atom stereocenters. The lowest BCUT2D eigenvalue weighted by Crippen LogP contribution is -2.71. The van der Waals surface area contributed by atoms with Gasteiger partial charge in [0.05, 0.1) is 42.6 Å². The third-order valence-corrected chi connectivity index (χ3v) is 12.3. The molecule has 2 aromatic rings. The van der Waals surface area contributed by atoms with Crippen LogP contribution in [0.2, 0.25) is 0 Å². The smallest absolute Gasteiger partial charge is 0.410 e. The van der Waals surface area contributed by atoms with Gasteiger partial charge in [0, 0.05) is 34.9 Å². The maximum absolute atomic E-state index is 14.4. The molecule has 16 nitrogen and oxygen atoms in total. The van der Waals surface area contributed by atoms with Crippen molar-refractivity contribution in [2.24, 2.45) is 0 Å². The van der Waals surface area contributed by atoms with Crippen LogP contribution < -0.4 is 24.3 Å². The number of alkyl carbamates (subject to hydrolysis) is 1. The van der Waals surface area contributed by atoms with Gasteiger partial charge >= 0.3 is 24.1 Å². The number of aromatic hydroxyl groups is 1. The van der Waals surface area contributed by atoms with Gasteiger partial charge in [-0.25, -0.2) is 14.4 Å². The van der Waals surface area contributed by atoms with E-state index >= 15 is 0 Å². The lowest BCUT2D eigenvalue weighted by atomic mass is 9.71. The number of alkyl halides is 3. The molecule has 2 N–H and O–H groups in total. The summed E-state index contributed by atoms with van der Waals surface area (Å²) >= 11 is 19.2. The minimum Gasteiger partial charge on any atom is -0.504 e. The number of fused-ring (bicyclic) bond motifs is 10. The second-order valence-electron chi connectivity index (χ2n) is 13.9. The number of amides is 2. The number of piperazine rings is 1. The van der Waals surface area contributed by atoms with Crippen molar-refractivity contribution in [3.8, 4) is 34.8 Å². The Kier molecular flexibility index (Phi) is 11.2. The van der Waals surface area contributed by atoms with Crippen molar-refractivity contribution in [3.05, 3.63) is 52.1 Å². The van der Waals surface area contributed by atoms with E-state index in [0.717, 1.165) is 11.8 Å². The molecule has 2 amide bonds. The summed E-state index contributed by atoms with van der Waals surface area (Å²) in [5.41, 5.74) is 2.87. The van der Waals surface area contributed by atoms with Crippen LogP contribution in [0.15, 0.2) is 18.7 Å². The van der Waals surface area contributed by atoms with Crippen molar-refractivity contribution < 1.29 is 57.4 Å². The number of hydrogen-bond donors (Lipinski definition) is 2. The number of halogens is 3. The van der Waals surface area contributed by atoms with Crippen molar-refractivity contribution in [2.45, 2.75) is 72.5 Å². The summed E-state index contributed by atoms with van der Waals surface area (Å²) in [7, 11) is 1.40. The van der Waals surface area contributed by atoms with E-state index in [0.29, 0.717) is 44.9 Å². The van der Waals surface area contributed by atoms with Crippen LogP contribution in [-0.2, 0) is 30.2 Å². The van der Waals surface area contributed by atoms with Crippen molar-refractivity contribution in [1.82, 2.24) is 15.1 Å². The van der Waals surface area contributed by atoms with Gasteiger partial charge in [-0.1, -0.05) is 53.5 Å². The number of methoxy groups -OCH3 is 1. The number of carbonyl (C=O) groups is 4. The van der Waals surface area contributed by atoms with Gasteiger partial charge < -0.3 is 43.6 Å². The van der Waals surface area contributed by atoms with E-state index in [1.165, 1.54) is 25.0 Å². The molecule has 0 aromatic heterocycles. The summed E-state index contributed by atoms with van der Waals surface area (Å²) in [4.78, 5) is 57.1. The average Bonchev–Trinajstić information content (AvgIpc) is 3.65. The van der Waals surface area contributed by atoms with Crippen LogP contribution in [0.4, 0.5) is 9.59 Å². The highest BCUT2D eigenvalue weighted by Gasteiger charge is 2.63. The van der Waals surface area contributed by atoms with E-state index < -0.39 is 82.6 Å². The molecule has 2 fully saturated rings. The summed E-state index contributed by atoms with van der Waals surface area (Å²) in [5.74, 6) is -0.929. The van der Waals surface area contributed by atoms with Gasteiger partial charge in [0.15, 0.2) is 23.0 Å². The quantitative estimate of drug-likeness (QED) is 0.123. The second kappa shape index (κ2) is 15.7. The number of carbonyl (C=O) groups excluding carboxylic acids is 4. The lowest BCUT2D eigenvalue weighted by molar-refractivity contribution is -0.151. The Hall–Kier alpha value is -4.47. The van der Waals surface area contributed by atoms with Crippen molar-refractivity contribution in [1.29, 1.82) is 5.26 Å².